The summed E-state index contributed by atoms with van der Waals surface area (Å²) in [4.78, 5) is 22.2. The highest BCUT2D eigenvalue weighted by molar-refractivity contribution is 5.87. The van der Waals surface area contributed by atoms with Gasteiger partial charge in [-0.25, -0.2) is 13.6 Å². The number of carboxylic acid groups (broad SMARTS) is 1. The van der Waals surface area contributed by atoms with Crippen LogP contribution in [0.25, 0.3) is 0 Å². The summed E-state index contributed by atoms with van der Waals surface area (Å²) in [6.07, 6.45) is -6.91. The minimum absolute atomic E-state index is 0.150. The number of carboxylic acids is 1. The molecule has 4 nitrogen and oxygen atoms in total. The van der Waals surface area contributed by atoms with Gasteiger partial charge in [-0.2, -0.15) is 13.2 Å². The van der Waals surface area contributed by atoms with Gasteiger partial charge in [-0.3, -0.25) is 4.79 Å². The van der Waals surface area contributed by atoms with Gasteiger partial charge < -0.3 is 10.0 Å². The van der Waals surface area contributed by atoms with Gasteiger partial charge in [0.25, 0.3) is 0 Å². The normalized spacial score (nSPS) is 28.3. The molecule has 19 heavy (non-hydrogen) atoms. The van der Waals surface area contributed by atoms with E-state index in [1.54, 1.807) is 0 Å². The quantitative estimate of drug-likeness (QED) is 0.746. The third-order valence-electron chi connectivity index (χ3n) is 3.56. The van der Waals surface area contributed by atoms with Crippen molar-refractivity contribution in [1.82, 2.24) is 4.90 Å². The smallest absolute Gasteiger partial charge is 0.471 e. The van der Waals surface area contributed by atoms with Gasteiger partial charge in [0, 0.05) is 24.8 Å². The van der Waals surface area contributed by atoms with Crippen LogP contribution in [0, 0.1) is 5.41 Å². The van der Waals surface area contributed by atoms with E-state index in [2.05, 4.69) is 0 Å². The Morgan fingerprint density at radius 1 is 1.21 bits per heavy atom. The molecule has 1 aliphatic heterocycles. The number of carbonyl (C=O) groups excluding carboxylic acids is 1. The lowest BCUT2D eigenvalue weighted by molar-refractivity contribution is -0.190. The zero-order chi connectivity index (χ0) is 14.6. The summed E-state index contributed by atoms with van der Waals surface area (Å²) in [6.45, 7) is -0.585. The van der Waals surface area contributed by atoms with Crippen LogP contribution in [0.15, 0.2) is 0 Å². The molecule has 2 fully saturated rings. The monoisotopic (exact) mass is 287 g/mol. The first-order valence-corrected chi connectivity index (χ1v) is 5.44. The minimum Gasteiger partial charge on any atom is -0.480 e. The first kappa shape index (κ1) is 14.0. The number of hydrogen-bond acceptors (Lipinski definition) is 2. The van der Waals surface area contributed by atoms with Crippen LogP contribution in [0.2, 0.25) is 0 Å². The summed E-state index contributed by atoms with van der Waals surface area (Å²) >= 11 is 0. The van der Waals surface area contributed by atoms with Crippen molar-refractivity contribution in [2.45, 2.75) is 37.4 Å². The molecule has 1 heterocycles. The number of likely N-dealkylation sites (tertiary alicyclic amines) is 1. The second kappa shape index (κ2) is 3.80. The van der Waals surface area contributed by atoms with Crippen LogP contribution in [0.5, 0.6) is 0 Å². The van der Waals surface area contributed by atoms with E-state index in [1.807, 2.05) is 0 Å². The number of carbonyl (C=O) groups is 2. The topological polar surface area (TPSA) is 57.6 Å². The molecule has 9 heteroatoms. The summed E-state index contributed by atoms with van der Waals surface area (Å²) in [7, 11) is 0. The van der Waals surface area contributed by atoms with Gasteiger partial charge in [0.15, 0.2) is 0 Å². The highest BCUT2D eigenvalue weighted by Gasteiger charge is 2.64. The van der Waals surface area contributed by atoms with Gasteiger partial charge in [0.1, 0.15) is 6.04 Å². The van der Waals surface area contributed by atoms with E-state index in [0.29, 0.717) is 0 Å². The van der Waals surface area contributed by atoms with Crippen LogP contribution in [-0.2, 0) is 9.59 Å². The molecule has 1 spiro atoms. The third kappa shape index (κ3) is 2.37. The maximum Gasteiger partial charge on any atom is 0.471 e. The van der Waals surface area contributed by atoms with E-state index in [-0.39, 0.29) is 11.3 Å². The van der Waals surface area contributed by atoms with Gasteiger partial charge in [-0.15, -0.1) is 0 Å². The van der Waals surface area contributed by atoms with Crippen LogP contribution in [0.4, 0.5) is 22.0 Å². The Morgan fingerprint density at radius 2 is 1.74 bits per heavy atom. The molecule has 1 unspecified atom stereocenters. The molecule has 1 atom stereocenters. The fraction of sp³-hybridized carbons (Fsp3) is 0.800. The van der Waals surface area contributed by atoms with Crippen molar-refractivity contribution in [2.24, 2.45) is 5.41 Å². The molecule has 2 aliphatic rings. The first-order valence-electron chi connectivity index (χ1n) is 5.44. The van der Waals surface area contributed by atoms with Gasteiger partial charge in [0.05, 0.1) is 0 Å². The number of aliphatic carboxylic acids is 1. The third-order valence-corrected chi connectivity index (χ3v) is 3.56. The van der Waals surface area contributed by atoms with Crippen molar-refractivity contribution in [3.8, 4) is 0 Å². The van der Waals surface area contributed by atoms with Gasteiger partial charge in [0.2, 0.25) is 5.92 Å². The minimum atomic E-state index is -5.20. The lowest BCUT2D eigenvalue weighted by atomic mass is 9.65. The molecular formula is C10H10F5NO3. The SMILES string of the molecule is O=C(O)C1CC2(CN1C(=O)C(F)(F)F)CC(F)(F)C2. The van der Waals surface area contributed by atoms with Crippen LogP contribution >= 0.6 is 0 Å². The molecule has 1 aliphatic carbocycles. The summed E-state index contributed by atoms with van der Waals surface area (Å²) in [5.41, 5.74) is -1.20. The maximum absolute atomic E-state index is 12.9. The Balaban J connectivity index is 2.19. The molecule has 1 saturated heterocycles. The number of alkyl halides is 5. The summed E-state index contributed by atoms with van der Waals surface area (Å²) in [5, 5.41) is 8.83. The Kier molecular flexibility index (Phi) is 2.80. The van der Waals surface area contributed by atoms with E-state index in [0.717, 1.165) is 0 Å². The van der Waals surface area contributed by atoms with Crippen molar-refractivity contribution in [2.75, 3.05) is 6.54 Å². The number of amides is 1. The molecule has 0 aromatic heterocycles. The Bertz CT molecular complexity index is 425. The van der Waals surface area contributed by atoms with E-state index in [1.165, 1.54) is 0 Å². The Hall–Kier alpha value is -1.41. The lowest BCUT2D eigenvalue weighted by Gasteiger charge is -2.44. The average molecular weight is 287 g/mol. The second-order valence-electron chi connectivity index (χ2n) is 5.20. The van der Waals surface area contributed by atoms with Crippen molar-refractivity contribution in [3.63, 3.8) is 0 Å². The predicted octanol–water partition coefficient (Wildman–Crippen LogP) is 1.65. The lowest BCUT2D eigenvalue weighted by Crippen LogP contribution is -2.50. The molecule has 0 bridgehead atoms. The van der Waals surface area contributed by atoms with Crippen LogP contribution in [-0.4, -0.2) is 46.6 Å². The zero-order valence-electron chi connectivity index (χ0n) is 9.51. The fourth-order valence-corrected chi connectivity index (χ4v) is 2.95. The zero-order valence-corrected chi connectivity index (χ0v) is 9.51. The molecule has 1 amide bonds. The molecule has 0 radical (unpaired) electrons. The molecule has 0 aromatic rings. The number of halogens is 5. The summed E-state index contributed by atoms with van der Waals surface area (Å²) in [6, 6.07) is -1.69. The molecule has 1 N–H and O–H groups in total. The molecule has 1 saturated carbocycles. The van der Waals surface area contributed by atoms with E-state index in [9.17, 15) is 31.5 Å². The molecular weight excluding hydrogens is 277 g/mol. The fourth-order valence-electron chi connectivity index (χ4n) is 2.95. The van der Waals surface area contributed by atoms with Gasteiger partial charge in [-0.1, -0.05) is 0 Å². The van der Waals surface area contributed by atoms with Crippen LogP contribution in [0.1, 0.15) is 19.3 Å². The number of nitrogens with zero attached hydrogens (tertiary/aromatic N) is 1. The molecule has 0 aromatic carbocycles. The standard InChI is InChI=1S/C10H10F5NO3/c11-9(12)2-8(3-9)1-5(6(17)18)16(4-8)7(19)10(13,14)15/h5H,1-4H2,(H,17,18). The Labute approximate surface area is 104 Å². The summed E-state index contributed by atoms with van der Waals surface area (Å²) in [5.74, 6) is -6.88. The van der Waals surface area contributed by atoms with Crippen LogP contribution in [0.3, 0.4) is 0 Å². The maximum atomic E-state index is 12.9. The van der Waals surface area contributed by atoms with Gasteiger partial charge in [-0.05, 0) is 6.42 Å². The Morgan fingerprint density at radius 3 is 2.11 bits per heavy atom. The van der Waals surface area contributed by atoms with E-state index < -0.39 is 54.8 Å². The number of hydrogen-bond donors (Lipinski definition) is 1. The van der Waals surface area contributed by atoms with Crippen molar-refractivity contribution < 1.29 is 36.6 Å². The first-order chi connectivity index (χ1) is 8.46. The summed E-state index contributed by atoms with van der Waals surface area (Å²) < 4.78 is 62.7. The largest absolute Gasteiger partial charge is 0.480 e. The predicted molar refractivity (Wildman–Crippen MR) is 50.4 cm³/mol. The highest BCUT2D eigenvalue weighted by atomic mass is 19.4. The van der Waals surface area contributed by atoms with Crippen LogP contribution < -0.4 is 0 Å². The number of rotatable bonds is 1. The van der Waals surface area contributed by atoms with Gasteiger partial charge >= 0.3 is 18.1 Å². The van der Waals surface area contributed by atoms with Crippen molar-refractivity contribution in [3.05, 3.63) is 0 Å². The second-order valence-corrected chi connectivity index (χ2v) is 5.20. The molecule has 108 valence electrons. The molecule has 2 rings (SSSR count). The van der Waals surface area contributed by atoms with Crippen molar-refractivity contribution >= 4 is 11.9 Å². The van der Waals surface area contributed by atoms with E-state index in [4.69, 9.17) is 5.11 Å². The average Bonchev–Trinajstić information content (AvgIpc) is 2.53. The highest BCUT2D eigenvalue weighted by Crippen LogP contribution is 2.58. The van der Waals surface area contributed by atoms with E-state index >= 15 is 0 Å². The van der Waals surface area contributed by atoms with Crippen molar-refractivity contribution in [1.29, 1.82) is 0 Å².